The number of hydrogen-bond acceptors (Lipinski definition) is 1. The molecule has 2 aromatic rings. The van der Waals surface area contributed by atoms with Crippen molar-refractivity contribution in [2.24, 2.45) is 0 Å². The normalized spacial score (nSPS) is 10.1. The van der Waals surface area contributed by atoms with Crippen LogP contribution in [0.15, 0.2) is 42.5 Å². The molecule has 2 N–H and O–H groups in total. The number of nitrogens with one attached hydrogen (secondary N) is 2. The van der Waals surface area contributed by atoms with Gasteiger partial charge in [0.1, 0.15) is 0 Å². The van der Waals surface area contributed by atoms with Gasteiger partial charge >= 0.3 is 0 Å². The molecule has 0 heterocycles. The van der Waals surface area contributed by atoms with Crippen LogP contribution in [0.3, 0.4) is 0 Å². The summed E-state index contributed by atoms with van der Waals surface area (Å²) in [6.45, 7) is 0. The molecule has 2 aromatic carbocycles. The molecule has 0 spiro atoms. The van der Waals surface area contributed by atoms with Crippen molar-refractivity contribution in [2.75, 3.05) is 10.6 Å². The standard InChI is InChI=1S/C13H9Cl3N2S/c14-8-5-6-10(16)12(7-8)18-13(19)17-11-4-2-1-3-9(11)15/h1-7H,(H2,17,18,19). The molecule has 0 bridgehead atoms. The lowest BCUT2D eigenvalue weighted by molar-refractivity contribution is 1.59. The minimum atomic E-state index is 0.386. The molecule has 0 aromatic heterocycles. The van der Waals surface area contributed by atoms with Gasteiger partial charge in [-0.15, -0.1) is 0 Å². The minimum Gasteiger partial charge on any atom is -0.331 e. The Morgan fingerprint density at radius 2 is 1.47 bits per heavy atom. The van der Waals surface area contributed by atoms with Gasteiger partial charge in [-0.2, -0.15) is 0 Å². The molecule has 0 amide bonds. The van der Waals surface area contributed by atoms with Crippen LogP contribution in [0.2, 0.25) is 15.1 Å². The zero-order valence-corrected chi connectivity index (χ0v) is 12.7. The fourth-order valence-corrected chi connectivity index (χ4v) is 2.17. The molecule has 19 heavy (non-hydrogen) atoms. The summed E-state index contributed by atoms with van der Waals surface area (Å²) >= 11 is 23.2. The second-order valence-electron chi connectivity index (χ2n) is 3.68. The van der Waals surface area contributed by atoms with Crippen molar-refractivity contribution in [2.45, 2.75) is 0 Å². The summed E-state index contributed by atoms with van der Waals surface area (Å²) in [5.74, 6) is 0. The SMILES string of the molecule is S=C(Nc1ccccc1Cl)Nc1cc(Cl)ccc1Cl. The van der Waals surface area contributed by atoms with Gasteiger partial charge < -0.3 is 10.6 Å². The van der Waals surface area contributed by atoms with Crippen molar-refractivity contribution >= 4 is 63.5 Å². The molecule has 0 aliphatic carbocycles. The molecular formula is C13H9Cl3N2S. The van der Waals surface area contributed by atoms with Gasteiger partial charge in [-0.3, -0.25) is 0 Å². The highest BCUT2D eigenvalue weighted by atomic mass is 35.5. The van der Waals surface area contributed by atoms with Crippen LogP contribution >= 0.6 is 47.0 Å². The second kappa shape index (κ2) is 6.44. The first-order valence-electron chi connectivity index (χ1n) is 5.34. The van der Waals surface area contributed by atoms with Gasteiger partial charge in [-0.1, -0.05) is 46.9 Å². The Labute approximate surface area is 131 Å². The molecule has 0 saturated heterocycles. The fourth-order valence-electron chi connectivity index (χ4n) is 1.43. The number of halogens is 3. The summed E-state index contributed by atoms with van der Waals surface area (Å²) in [7, 11) is 0. The minimum absolute atomic E-state index is 0.386. The lowest BCUT2D eigenvalue weighted by Gasteiger charge is -2.12. The van der Waals surface area contributed by atoms with E-state index in [0.29, 0.717) is 25.9 Å². The van der Waals surface area contributed by atoms with Crippen molar-refractivity contribution in [3.63, 3.8) is 0 Å². The third-order valence-electron chi connectivity index (χ3n) is 2.30. The van der Waals surface area contributed by atoms with E-state index >= 15 is 0 Å². The summed E-state index contributed by atoms with van der Waals surface area (Å²) in [4.78, 5) is 0. The van der Waals surface area contributed by atoms with Crippen molar-refractivity contribution in [3.05, 3.63) is 57.5 Å². The fraction of sp³-hybridized carbons (Fsp3) is 0. The maximum atomic E-state index is 6.04. The van der Waals surface area contributed by atoms with Crippen LogP contribution in [0.5, 0.6) is 0 Å². The second-order valence-corrected chi connectivity index (χ2v) is 5.34. The largest absolute Gasteiger partial charge is 0.331 e. The average Bonchev–Trinajstić information content (AvgIpc) is 2.37. The molecule has 0 aliphatic heterocycles. The number of thiocarbonyl (C=S) groups is 1. The van der Waals surface area contributed by atoms with E-state index in [1.54, 1.807) is 24.3 Å². The summed E-state index contributed by atoms with van der Waals surface area (Å²) in [6, 6.07) is 12.4. The highest BCUT2D eigenvalue weighted by molar-refractivity contribution is 7.80. The van der Waals surface area contributed by atoms with Crippen LogP contribution < -0.4 is 10.6 Å². The van der Waals surface area contributed by atoms with Crippen LogP contribution in [0, 0.1) is 0 Å². The smallest absolute Gasteiger partial charge is 0.175 e. The average molecular weight is 332 g/mol. The van der Waals surface area contributed by atoms with Crippen LogP contribution in [0.25, 0.3) is 0 Å². The Morgan fingerprint density at radius 3 is 2.21 bits per heavy atom. The van der Waals surface area contributed by atoms with Gasteiger partial charge in [0.2, 0.25) is 0 Å². The molecule has 2 nitrogen and oxygen atoms in total. The molecule has 0 fully saturated rings. The Kier molecular flexibility index (Phi) is 4.88. The Balaban J connectivity index is 2.10. The van der Waals surface area contributed by atoms with Crippen molar-refractivity contribution in [3.8, 4) is 0 Å². The third-order valence-corrected chi connectivity index (χ3v) is 3.40. The van der Waals surface area contributed by atoms with Crippen LogP contribution in [0.1, 0.15) is 0 Å². The first-order valence-corrected chi connectivity index (χ1v) is 6.88. The lowest BCUT2D eigenvalue weighted by atomic mass is 10.3. The number of hydrogen-bond donors (Lipinski definition) is 2. The van der Waals surface area contributed by atoms with Crippen LogP contribution in [-0.4, -0.2) is 5.11 Å². The number of para-hydroxylation sites is 1. The Hall–Kier alpha value is -1.000. The summed E-state index contributed by atoms with van der Waals surface area (Å²) in [5, 5.41) is 8.05. The van der Waals surface area contributed by atoms with Crippen molar-refractivity contribution in [1.82, 2.24) is 0 Å². The highest BCUT2D eigenvalue weighted by Gasteiger charge is 2.05. The molecule has 6 heteroatoms. The molecule has 0 aliphatic rings. The van der Waals surface area contributed by atoms with Crippen molar-refractivity contribution < 1.29 is 0 Å². The van der Waals surface area contributed by atoms with Gasteiger partial charge in [-0.05, 0) is 42.5 Å². The van der Waals surface area contributed by atoms with Crippen LogP contribution in [0.4, 0.5) is 11.4 Å². The molecule has 0 radical (unpaired) electrons. The predicted molar refractivity (Wildman–Crippen MR) is 87.8 cm³/mol. The maximum absolute atomic E-state index is 6.04. The Morgan fingerprint density at radius 1 is 0.842 bits per heavy atom. The quantitative estimate of drug-likeness (QED) is 0.715. The van der Waals surface area contributed by atoms with E-state index in [2.05, 4.69) is 10.6 Å². The molecule has 98 valence electrons. The van der Waals surface area contributed by atoms with Crippen LogP contribution in [-0.2, 0) is 0 Å². The van der Waals surface area contributed by atoms with E-state index in [4.69, 9.17) is 47.0 Å². The van der Waals surface area contributed by atoms with E-state index in [1.165, 1.54) is 0 Å². The summed E-state index contributed by atoms with van der Waals surface area (Å²) < 4.78 is 0. The third kappa shape index (κ3) is 3.98. The first kappa shape index (κ1) is 14.4. The zero-order valence-electron chi connectivity index (χ0n) is 9.58. The lowest BCUT2D eigenvalue weighted by Crippen LogP contribution is -2.19. The zero-order chi connectivity index (χ0) is 13.8. The molecule has 0 saturated carbocycles. The van der Waals surface area contributed by atoms with Crippen molar-refractivity contribution in [1.29, 1.82) is 0 Å². The van der Waals surface area contributed by atoms with E-state index < -0.39 is 0 Å². The van der Waals surface area contributed by atoms with Gasteiger partial charge in [0.25, 0.3) is 0 Å². The van der Waals surface area contributed by atoms with Gasteiger partial charge in [-0.25, -0.2) is 0 Å². The molecule has 2 rings (SSSR count). The van der Waals surface area contributed by atoms with E-state index in [-0.39, 0.29) is 0 Å². The number of rotatable bonds is 2. The van der Waals surface area contributed by atoms with E-state index in [0.717, 1.165) is 5.69 Å². The summed E-state index contributed by atoms with van der Waals surface area (Å²) in [5.41, 5.74) is 1.36. The van der Waals surface area contributed by atoms with E-state index in [9.17, 15) is 0 Å². The Bertz CT molecular complexity index is 617. The molecular weight excluding hydrogens is 323 g/mol. The number of anilines is 2. The maximum Gasteiger partial charge on any atom is 0.175 e. The van der Waals surface area contributed by atoms with Gasteiger partial charge in [0.15, 0.2) is 5.11 Å². The monoisotopic (exact) mass is 330 g/mol. The van der Waals surface area contributed by atoms with Gasteiger partial charge in [0, 0.05) is 5.02 Å². The topological polar surface area (TPSA) is 24.1 Å². The highest BCUT2D eigenvalue weighted by Crippen LogP contribution is 2.26. The molecule has 0 atom stereocenters. The summed E-state index contributed by atoms with van der Waals surface area (Å²) in [6.07, 6.45) is 0. The van der Waals surface area contributed by atoms with Gasteiger partial charge in [0.05, 0.1) is 21.4 Å². The first-order chi connectivity index (χ1) is 9.06. The number of benzene rings is 2. The van der Waals surface area contributed by atoms with E-state index in [1.807, 2.05) is 18.2 Å². The predicted octanol–water partition coefficient (Wildman–Crippen LogP) is 5.46. The molecule has 0 unspecified atom stereocenters.